The van der Waals surface area contributed by atoms with Crippen LogP contribution in [-0.2, 0) is 4.74 Å². The van der Waals surface area contributed by atoms with E-state index in [0.717, 1.165) is 96.1 Å². The van der Waals surface area contributed by atoms with Crippen molar-refractivity contribution in [2.45, 2.75) is 6.42 Å². The Morgan fingerprint density at radius 2 is 1.72 bits per heavy atom. The van der Waals surface area contributed by atoms with Crippen LogP contribution >= 0.6 is 11.6 Å². The van der Waals surface area contributed by atoms with Gasteiger partial charge in [0.2, 0.25) is 0 Å². The lowest BCUT2D eigenvalue weighted by Gasteiger charge is -2.36. The number of guanidine groups is 1. The smallest absolute Gasteiger partial charge is 0.191 e. The van der Waals surface area contributed by atoms with Gasteiger partial charge in [-0.15, -0.1) is 0 Å². The predicted octanol–water partition coefficient (Wildman–Crippen LogP) is 1.35. The highest BCUT2D eigenvalue weighted by Gasteiger charge is 2.17. The number of nitrogens with one attached hydrogen (secondary N) is 2. The summed E-state index contributed by atoms with van der Waals surface area (Å²) in [5.74, 6) is 0.893. The van der Waals surface area contributed by atoms with Crippen LogP contribution in [0.3, 0.4) is 0 Å². The minimum atomic E-state index is 0.808. The summed E-state index contributed by atoms with van der Waals surface area (Å²) in [6.07, 6.45) is 1.11. The van der Waals surface area contributed by atoms with Crippen LogP contribution in [0.4, 0.5) is 5.69 Å². The van der Waals surface area contributed by atoms with Gasteiger partial charge in [-0.05, 0) is 31.2 Å². The monoisotopic (exact) mass is 422 g/mol. The van der Waals surface area contributed by atoms with Crippen LogP contribution in [0.15, 0.2) is 29.3 Å². The van der Waals surface area contributed by atoms with E-state index in [4.69, 9.17) is 16.3 Å². The van der Waals surface area contributed by atoms with Crippen molar-refractivity contribution in [3.05, 3.63) is 29.3 Å². The SMILES string of the molecule is CN=C(NCCCN1CCN(c2cccc(Cl)c2)CC1)NCCN1CCOCC1. The Balaban J connectivity index is 1.25. The maximum atomic E-state index is 6.12. The third kappa shape index (κ3) is 7.66. The molecule has 3 rings (SSSR count). The molecule has 0 spiro atoms. The van der Waals surface area contributed by atoms with Crippen LogP contribution in [0.2, 0.25) is 5.02 Å². The standard InChI is InChI=1S/C21H35ClN6O/c1-23-21(25-7-9-27-14-16-29-17-15-27)24-6-3-8-26-10-12-28(13-11-26)20-5-2-4-19(22)18-20/h2,4-5,18H,3,6-17H2,1H3,(H2,23,24,25). The quantitative estimate of drug-likeness (QED) is 0.374. The van der Waals surface area contributed by atoms with Crippen LogP contribution in [0, 0.1) is 0 Å². The highest BCUT2D eigenvalue weighted by Crippen LogP contribution is 2.20. The number of benzene rings is 1. The largest absolute Gasteiger partial charge is 0.379 e. The van der Waals surface area contributed by atoms with Crippen LogP contribution in [0.1, 0.15) is 6.42 Å². The van der Waals surface area contributed by atoms with Crippen LogP contribution in [0.25, 0.3) is 0 Å². The summed E-state index contributed by atoms with van der Waals surface area (Å²) in [6, 6.07) is 8.15. The number of morpholine rings is 1. The Kier molecular flexibility index (Phi) is 9.34. The molecule has 0 aromatic heterocycles. The van der Waals surface area contributed by atoms with Crippen LogP contribution < -0.4 is 15.5 Å². The van der Waals surface area contributed by atoms with Crippen molar-refractivity contribution in [3.8, 4) is 0 Å². The normalized spacial score (nSPS) is 19.4. The average Bonchev–Trinajstić information content (AvgIpc) is 2.76. The second-order valence-corrected chi connectivity index (χ2v) is 7.98. The van der Waals surface area contributed by atoms with Crippen molar-refractivity contribution >= 4 is 23.2 Å². The molecular weight excluding hydrogens is 388 g/mol. The summed E-state index contributed by atoms with van der Waals surface area (Å²) in [7, 11) is 1.83. The number of piperazine rings is 1. The first-order chi connectivity index (χ1) is 14.2. The number of hydrogen-bond acceptors (Lipinski definition) is 5. The average molecular weight is 423 g/mol. The Labute approximate surface area is 180 Å². The van der Waals surface area contributed by atoms with Crippen molar-refractivity contribution < 1.29 is 4.74 Å². The number of anilines is 1. The van der Waals surface area contributed by atoms with Gasteiger partial charge in [0.1, 0.15) is 0 Å². The molecule has 29 heavy (non-hydrogen) atoms. The topological polar surface area (TPSA) is 55.4 Å². The zero-order chi connectivity index (χ0) is 20.3. The molecule has 162 valence electrons. The zero-order valence-electron chi connectivity index (χ0n) is 17.6. The lowest BCUT2D eigenvalue weighted by Crippen LogP contribution is -2.47. The molecule has 2 saturated heterocycles. The second kappa shape index (κ2) is 12.2. The maximum absolute atomic E-state index is 6.12. The predicted molar refractivity (Wildman–Crippen MR) is 121 cm³/mol. The molecule has 0 unspecified atom stereocenters. The lowest BCUT2D eigenvalue weighted by atomic mass is 10.2. The van der Waals surface area contributed by atoms with E-state index in [1.165, 1.54) is 5.69 Å². The highest BCUT2D eigenvalue weighted by molar-refractivity contribution is 6.30. The molecule has 0 radical (unpaired) electrons. The summed E-state index contributed by atoms with van der Waals surface area (Å²) in [6.45, 7) is 12.0. The van der Waals surface area contributed by atoms with E-state index in [-0.39, 0.29) is 0 Å². The number of halogens is 1. The van der Waals surface area contributed by atoms with Gasteiger partial charge in [-0.1, -0.05) is 17.7 Å². The molecule has 2 heterocycles. The number of ether oxygens (including phenoxy) is 1. The maximum Gasteiger partial charge on any atom is 0.191 e. The zero-order valence-corrected chi connectivity index (χ0v) is 18.3. The molecule has 8 heteroatoms. The van der Waals surface area contributed by atoms with E-state index in [0.29, 0.717) is 0 Å². The van der Waals surface area contributed by atoms with E-state index in [2.05, 4.69) is 42.5 Å². The number of rotatable bonds is 8. The summed E-state index contributed by atoms with van der Waals surface area (Å²) >= 11 is 6.12. The van der Waals surface area contributed by atoms with Gasteiger partial charge in [0.25, 0.3) is 0 Å². The third-order valence-corrected chi connectivity index (χ3v) is 5.77. The van der Waals surface area contributed by atoms with Crippen LogP contribution in [-0.4, -0.2) is 101 Å². The molecule has 1 aromatic carbocycles. The molecule has 2 aliphatic heterocycles. The third-order valence-electron chi connectivity index (χ3n) is 5.54. The molecule has 1 aromatic rings. The van der Waals surface area contributed by atoms with Gasteiger partial charge in [-0.2, -0.15) is 0 Å². The van der Waals surface area contributed by atoms with E-state index in [9.17, 15) is 0 Å². The summed E-state index contributed by atoms with van der Waals surface area (Å²) in [5, 5.41) is 7.65. The minimum absolute atomic E-state index is 0.808. The summed E-state index contributed by atoms with van der Waals surface area (Å²) < 4.78 is 5.39. The Morgan fingerprint density at radius 3 is 2.45 bits per heavy atom. The summed E-state index contributed by atoms with van der Waals surface area (Å²) in [4.78, 5) is 11.7. The van der Waals surface area contributed by atoms with E-state index in [1.807, 2.05) is 19.2 Å². The molecule has 0 saturated carbocycles. The van der Waals surface area contributed by atoms with Crippen molar-refractivity contribution in [3.63, 3.8) is 0 Å². The fourth-order valence-electron chi connectivity index (χ4n) is 3.79. The first-order valence-corrected chi connectivity index (χ1v) is 11.1. The Hall–Kier alpha value is -1.54. The number of aliphatic imine (C=N–C) groups is 1. The van der Waals surface area contributed by atoms with Crippen LogP contribution in [0.5, 0.6) is 0 Å². The van der Waals surface area contributed by atoms with E-state index >= 15 is 0 Å². The van der Waals surface area contributed by atoms with Gasteiger partial charge >= 0.3 is 0 Å². The molecule has 0 aliphatic carbocycles. The van der Waals surface area contributed by atoms with Crippen molar-refractivity contribution in [2.75, 3.05) is 90.6 Å². The first-order valence-electron chi connectivity index (χ1n) is 10.7. The molecule has 2 fully saturated rings. The molecule has 0 amide bonds. The van der Waals surface area contributed by atoms with Crippen molar-refractivity contribution in [2.24, 2.45) is 4.99 Å². The van der Waals surface area contributed by atoms with Crippen molar-refractivity contribution in [1.29, 1.82) is 0 Å². The molecule has 0 atom stereocenters. The number of nitrogens with zero attached hydrogens (tertiary/aromatic N) is 4. The molecule has 2 aliphatic rings. The van der Waals surface area contributed by atoms with Gasteiger partial charge in [-0.3, -0.25) is 14.8 Å². The fourth-order valence-corrected chi connectivity index (χ4v) is 3.97. The van der Waals surface area contributed by atoms with E-state index < -0.39 is 0 Å². The Morgan fingerprint density at radius 1 is 1.00 bits per heavy atom. The first kappa shape index (κ1) is 22.2. The minimum Gasteiger partial charge on any atom is -0.379 e. The van der Waals surface area contributed by atoms with Gasteiger partial charge in [0.15, 0.2) is 5.96 Å². The molecule has 7 nitrogen and oxygen atoms in total. The van der Waals surface area contributed by atoms with Gasteiger partial charge in [0.05, 0.1) is 13.2 Å². The lowest BCUT2D eigenvalue weighted by molar-refractivity contribution is 0.0389. The second-order valence-electron chi connectivity index (χ2n) is 7.54. The van der Waals surface area contributed by atoms with Gasteiger partial charge < -0.3 is 20.3 Å². The number of hydrogen-bond donors (Lipinski definition) is 2. The highest BCUT2D eigenvalue weighted by atomic mass is 35.5. The van der Waals surface area contributed by atoms with E-state index in [1.54, 1.807) is 0 Å². The fraction of sp³-hybridized carbons (Fsp3) is 0.667. The molecule has 0 bridgehead atoms. The molecule has 2 N–H and O–H groups in total. The van der Waals surface area contributed by atoms with Gasteiger partial charge in [-0.25, -0.2) is 0 Å². The van der Waals surface area contributed by atoms with Gasteiger partial charge in [0, 0.05) is 76.7 Å². The summed E-state index contributed by atoms with van der Waals surface area (Å²) in [5.41, 5.74) is 1.23. The molecular formula is C21H35ClN6O. The van der Waals surface area contributed by atoms with Crippen molar-refractivity contribution in [1.82, 2.24) is 20.4 Å². The Bertz CT molecular complexity index is 629.